The standard InChI is InChI=1S/C4HCl2N3O2S/c5-2-1(9(10)11)3(6)8-4(12)7-2/h(H,7,8,12). The summed E-state index contributed by atoms with van der Waals surface area (Å²) in [7, 11) is 0. The van der Waals surface area contributed by atoms with Gasteiger partial charge in [-0.1, -0.05) is 23.2 Å². The molecule has 0 aliphatic heterocycles. The van der Waals surface area contributed by atoms with Crippen molar-refractivity contribution in [3.8, 4) is 0 Å². The molecule has 0 saturated heterocycles. The molecule has 0 fully saturated rings. The second kappa shape index (κ2) is 3.42. The highest BCUT2D eigenvalue weighted by molar-refractivity contribution is 7.80. The van der Waals surface area contributed by atoms with Crippen molar-refractivity contribution in [1.29, 1.82) is 0 Å². The summed E-state index contributed by atoms with van der Waals surface area (Å²) in [5, 5.41) is 9.65. The van der Waals surface area contributed by atoms with E-state index in [9.17, 15) is 10.1 Å². The first-order valence-electron chi connectivity index (χ1n) is 2.58. The molecule has 8 heteroatoms. The molecule has 1 aromatic heterocycles. The lowest BCUT2D eigenvalue weighted by atomic mass is 10.5. The first-order chi connectivity index (χ1) is 5.52. The molecule has 0 aromatic carbocycles. The van der Waals surface area contributed by atoms with Crippen LogP contribution in [0.15, 0.2) is 5.16 Å². The zero-order valence-corrected chi connectivity index (χ0v) is 7.77. The van der Waals surface area contributed by atoms with E-state index in [0.717, 1.165) is 0 Å². The fourth-order valence-corrected chi connectivity index (χ4v) is 1.39. The molecule has 0 aliphatic rings. The van der Waals surface area contributed by atoms with Crippen LogP contribution in [0.4, 0.5) is 5.69 Å². The first kappa shape index (κ1) is 9.50. The van der Waals surface area contributed by atoms with Gasteiger partial charge in [-0.3, -0.25) is 10.1 Å². The number of halogens is 2. The number of hydrogen-bond donors (Lipinski definition) is 1. The molecule has 5 nitrogen and oxygen atoms in total. The highest BCUT2D eigenvalue weighted by atomic mass is 35.5. The van der Waals surface area contributed by atoms with Crippen LogP contribution in [0.5, 0.6) is 0 Å². The third kappa shape index (κ3) is 1.77. The summed E-state index contributed by atoms with van der Waals surface area (Å²) in [6.07, 6.45) is 0. The van der Waals surface area contributed by atoms with Gasteiger partial charge in [0.25, 0.3) is 0 Å². The Kier molecular flexibility index (Phi) is 2.71. The van der Waals surface area contributed by atoms with Crippen LogP contribution < -0.4 is 0 Å². The Morgan fingerprint density at radius 3 is 2.08 bits per heavy atom. The predicted octanol–water partition coefficient (Wildman–Crippen LogP) is 1.98. The molecule has 64 valence electrons. The topological polar surface area (TPSA) is 68.9 Å². The Labute approximate surface area is 82.3 Å². The van der Waals surface area contributed by atoms with Crippen LogP contribution in [0.3, 0.4) is 0 Å². The molecular formula is C4HCl2N3O2S. The molecule has 1 heterocycles. The second-order valence-corrected chi connectivity index (χ2v) is 2.83. The van der Waals surface area contributed by atoms with Gasteiger partial charge in [0, 0.05) is 0 Å². The maximum absolute atomic E-state index is 10.3. The maximum atomic E-state index is 10.3. The number of aromatic nitrogens is 2. The van der Waals surface area contributed by atoms with Crippen LogP contribution in [0, 0.1) is 10.1 Å². The van der Waals surface area contributed by atoms with Crippen molar-refractivity contribution in [1.82, 2.24) is 9.97 Å². The third-order valence-corrected chi connectivity index (χ3v) is 1.70. The van der Waals surface area contributed by atoms with Gasteiger partial charge in [0.1, 0.15) is 0 Å². The molecule has 0 atom stereocenters. The van der Waals surface area contributed by atoms with Gasteiger partial charge in [-0.15, -0.1) is 12.6 Å². The second-order valence-electron chi connectivity index (χ2n) is 1.71. The van der Waals surface area contributed by atoms with Crippen molar-refractivity contribution in [2.24, 2.45) is 0 Å². The van der Waals surface area contributed by atoms with E-state index in [1.165, 1.54) is 0 Å². The van der Waals surface area contributed by atoms with Gasteiger partial charge >= 0.3 is 5.69 Å². The van der Waals surface area contributed by atoms with E-state index in [1.807, 2.05) is 0 Å². The number of nitrogens with zero attached hydrogens (tertiary/aromatic N) is 3. The molecule has 0 saturated carbocycles. The van der Waals surface area contributed by atoms with Crippen molar-refractivity contribution < 1.29 is 4.92 Å². The van der Waals surface area contributed by atoms with Crippen LogP contribution in [-0.4, -0.2) is 14.9 Å². The van der Waals surface area contributed by atoms with E-state index in [4.69, 9.17) is 23.2 Å². The SMILES string of the molecule is O=[N+]([O-])c1c(Cl)nc(S)nc1Cl. The molecule has 0 amide bonds. The number of rotatable bonds is 1. The number of hydrogen-bond acceptors (Lipinski definition) is 5. The van der Waals surface area contributed by atoms with Crippen LogP contribution in [0.25, 0.3) is 0 Å². The van der Waals surface area contributed by atoms with Crippen molar-refractivity contribution >= 4 is 41.5 Å². The molecule has 0 radical (unpaired) electrons. The van der Waals surface area contributed by atoms with Gasteiger partial charge in [-0.2, -0.15) is 0 Å². The average molecular weight is 226 g/mol. The lowest BCUT2D eigenvalue weighted by Crippen LogP contribution is -1.95. The molecule has 0 unspecified atom stereocenters. The molecule has 12 heavy (non-hydrogen) atoms. The minimum Gasteiger partial charge on any atom is -0.258 e. The van der Waals surface area contributed by atoms with Gasteiger partial charge in [-0.05, 0) is 0 Å². The van der Waals surface area contributed by atoms with Crippen molar-refractivity contribution in [3.05, 3.63) is 20.4 Å². The summed E-state index contributed by atoms with van der Waals surface area (Å²) in [6, 6.07) is 0. The van der Waals surface area contributed by atoms with Crippen molar-refractivity contribution in [2.75, 3.05) is 0 Å². The Hall–Kier alpha value is -0.590. The molecule has 1 rings (SSSR count). The fraction of sp³-hybridized carbons (Fsp3) is 0. The number of thiol groups is 1. The molecule has 1 aromatic rings. The van der Waals surface area contributed by atoms with E-state index >= 15 is 0 Å². The van der Waals surface area contributed by atoms with Gasteiger partial charge in [0.15, 0.2) is 5.16 Å². The summed E-state index contributed by atoms with van der Waals surface area (Å²) in [5.41, 5.74) is -0.504. The van der Waals surface area contributed by atoms with Crippen LogP contribution >= 0.6 is 35.8 Å². The predicted molar refractivity (Wildman–Crippen MR) is 46.0 cm³/mol. The molecule has 0 spiro atoms. The molecule has 0 aliphatic carbocycles. The van der Waals surface area contributed by atoms with Crippen LogP contribution in [-0.2, 0) is 0 Å². The summed E-state index contributed by atoms with van der Waals surface area (Å²) in [5.74, 6) is 0. The highest BCUT2D eigenvalue weighted by Gasteiger charge is 2.20. The smallest absolute Gasteiger partial charge is 0.258 e. The Morgan fingerprint density at radius 1 is 1.33 bits per heavy atom. The zero-order chi connectivity index (χ0) is 9.30. The minimum absolute atomic E-state index is 0.00407. The lowest BCUT2D eigenvalue weighted by Gasteiger charge is -1.96. The molecule has 0 bridgehead atoms. The van der Waals surface area contributed by atoms with E-state index in [0.29, 0.717) is 0 Å². The Balaban J connectivity index is 3.38. The van der Waals surface area contributed by atoms with Gasteiger partial charge in [0.2, 0.25) is 10.3 Å². The summed E-state index contributed by atoms with van der Waals surface area (Å²) in [6.45, 7) is 0. The van der Waals surface area contributed by atoms with Crippen molar-refractivity contribution in [3.63, 3.8) is 0 Å². The summed E-state index contributed by atoms with van der Waals surface area (Å²) < 4.78 is 0. The summed E-state index contributed by atoms with van der Waals surface area (Å²) >= 11 is 14.5. The average Bonchev–Trinajstić information content (AvgIpc) is 1.82. The third-order valence-electron chi connectivity index (χ3n) is 0.970. The van der Waals surface area contributed by atoms with E-state index in [-0.39, 0.29) is 15.5 Å². The first-order valence-corrected chi connectivity index (χ1v) is 3.79. The van der Waals surface area contributed by atoms with Crippen LogP contribution in [0.2, 0.25) is 10.3 Å². The quantitative estimate of drug-likeness (QED) is 0.261. The lowest BCUT2D eigenvalue weighted by molar-refractivity contribution is -0.385. The Bertz CT molecular complexity index is 322. The highest BCUT2D eigenvalue weighted by Crippen LogP contribution is 2.29. The van der Waals surface area contributed by atoms with Gasteiger partial charge < -0.3 is 0 Å². The van der Waals surface area contributed by atoms with E-state index in [1.54, 1.807) is 0 Å². The van der Waals surface area contributed by atoms with Gasteiger partial charge in [-0.25, -0.2) is 9.97 Å². The fourth-order valence-electron chi connectivity index (χ4n) is 0.542. The Morgan fingerprint density at radius 2 is 1.75 bits per heavy atom. The normalized spacial score (nSPS) is 9.92. The molecular weight excluding hydrogens is 225 g/mol. The van der Waals surface area contributed by atoms with E-state index < -0.39 is 10.6 Å². The maximum Gasteiger partial charge on any atom is 0.343 e. The largest absolute Gasteiger partial charge is 0.343 e. The minimum atomic E-state index is -0.752. The molecule has 0 N–H and O–H groups in total. The van der Waals surface area contributed by atoms with E-state index in [2.05, 4.69) is 22.6 Å². The summed E-state index contributed by atoms with van der Waals surface area (Å²) in [4.78, 5) is 16.4. The monoisotopic (exact) mass is 225 g/mol. The van der Waals surface area contributed by atoms with Gasteiger partial charge in [0.05, 0.1) is 4.92 Å². The number of nitro groups is 1. The zero-order valence-electron chi connectivity index (χ0n) is 5.36. The van der Waals surface area contributed by atoms with Crippen molar-refractivity contribution in [2.45, 2.75) is 5.16 Å². The van der Waals surface area contributed by atoms with Crippen LogP contribution in [0.1, 0.15) is 0 Å².